The SMILES string of the molecule is CC(C)(C)OC(=O)NCC#Cc1ccccc1N1CCCCC1. The smallest absolute Gasteiger partial charge is 0.408 e. The van der Waals surface area contributed by atoms with E-state index in [0.29, 0.717) is 0 Å². The number of anilines is 1. The lowest BCUT2D eigenvalue weighted by molar-refractivity contribution is 0.0535. The highest BCUT2D eigenvalue weighted by molar-refractivity contribution is 5.68. The number of alkyl carbamates (subject to hydrolysis) is 1. The van der Waals surface area contributed by atoms with Crippen LogP contribution in [-0.2, 0) is 4.74 Å². The standard InChI is InChI=1S/C19H26N2O2/c1-19(2,3)23-18(22)20-13-9-11-16-10-5-6-12-17(16)21-14-7-4-8-15-21/h5-6,10,12H,4,7-8,13-15H2,1-3H3,(H,20,22). The number of rotatable bonds is 2. The van der Waals surface area contributed by atoms with Crippen molar-refractivity contribution >= 4 is 11.8 Å². The van der Waals surface area contributed by atoms with Gasteiger partial charge in [-0.15, -0.1) is 0 Å². The third-order valence-corrected chi connectivity index (χ3v) is 3.54. The molecule has 1 N–H and O–H groups in total. The molecule has 4 nitrogen and oxygen atoms in total. The molecule has 1 amide bonds. The average molecular weight is 314 g/mol. The van der Waals surface area contributed by atoms with Gasteiger partial charge in [-0.3, -0.25) is 0 Å². The van der Waals surface area contributed by atoms with Gasteiger partial charge in [0, 0.05) is 18.7 Å². The number of hydrogen-bond acceptors (Lipinski definition) is 3. The zero-order valence-corrected chi connectivity index (χ0v) is 14.3. The van der Waals surface area contributed by atoms with E-state index in [9.17, 15) is 4.79 Å². The Bertz CT molecular complexity index is 587. The molecule has 1 aromatic rings. The van der Waals surface area contributed by atoms with E-state index in [2.05, 4.69) is 28.1 Å². The van der Waals surface area contributed by atoms with Gasteiger partial charge >= 0.3 is 6.09 Å². The van der Waals surface area contributed by atoms with Crippen LogP contribution in [0.2, 0.25) is 0 Å². The molecular formula is C19H26N2O2. The van der Waals surface area contributed by atoms with E-state index < -0.39 is 11.7 Å². The molecule has 0 saturated carbocycles. The fraction of sp³-hybridized carbons (Fsp3) is 0.526. The summed E-state index contributed by atoms with van der Waals surface area (Å²) >= 11 is 0. The fourth-order valence-electron chi connectivity index (χ4n) is 2.56. The normalized spacial score (nSPS) is 14.7. The molecule has 0 spiro atoms. The van der Waals surface area contributed by atoms with Gasteiger partial charge in [-0.25, -0.2) is 4.79 Å². The highest BCUT2D eigenvalue weighted by atomic mass is 16.6. The fourth-order valence-corrected chi connectivity index (χ4v) is 2.56. The molecule has 1 aliphatic rings. The van der Waals surface area contributed by atoms with Crippen molar-refractivity contribution in [1.82, 2.24) is 5.32 Å². The third-order valence-electron chi connectivity index (χ3n) is 3.54. The number of benzene rings is 1. The van der Waals surface area contributed by atoms with Crippen LogP contribution in [0.5, 0.6) is 0 Å². The van der Waals surface area contributed by atoms with Crippen LogP contribution >= 0.6 is 0 Å². The Morgan fingerprint density at radius 2 is 1.91 bits per heavy atom. The van der Waals surface area contributed by atoms with Crippen molar-refractivity contribution in [2.75, 3.05) is 24.5 Å². The summed E-state index contributed by atoms with van der Waals surface area (Å²) in [5.74, 6) is 6.18. The summed E-state index contributed by atoms with van der Waals surface area (Å²) in [5, 5.41) is 2.66. The number of para-hydroxylation sites is 1. The predicted molar refractivity (Wildman–Crippen MR) is 93.6 cm³/mol. The summed E-state index contributed by atoms with van der Waals surface area (Å²) in [4.78, 5) is 14.0. The number of piperidine rings is 1. The van der Waals surface area contributed by atoms with Gasteiger partial charge in [0.2, 0.25) is 0 Å². The molecule has 0 unspecified atom stereocenters. The Hall–Kier alpha value is -2.15. The van der Waals surface area contributed by atoms with Crippen LogP contribution < -0.4 is 10.2 Å². The minimum absolute atomic E-state index is 0.281. The van der Waals surface area contributed by atoms with Crippen molar-refractivity contribution in [1.29, 1.82) is 0 Å². The number of hydrogen-bond donors (Lipinski definition) is 1. The molecule has 1 aliphatic heterocycles. The summed E-state index contributed by atoms with van der Waals surface area (Å²) in [6, 6.07) is 8.20. The molecule has 0 radical (unpaired) electrons. The van der Waals surface area contributed by atoms with Gasteiger partial charge < -0.3 is 15.0 Å². The molecule has 1 aromatic carbocycles. The van der Waals surface area contributed by atoms with Crippen molar-refractivity contribution in [2.24, 2.45) is 0 Å². The van der Waals surface area contributed by atoms with E-state index in [4.69, 9.17) is 4.74 Å². The summed E-state index contributed by atoms with van der Waals surface area (Å²) in [5.41, 5.74) is 1.72. The maximum Gasteiger partial charge on any atom is 0.408 e. The molecule has 4 heteroatoms. The Morgan fingerprint density at radius 3 is 2.61 bits per heavy atom. The molecule has 0 aromatic heterocycles. The van der Waals surface area contributed by atoms with Crippen LogP contribution in [0.25, 0.3) is 0 Å². The van der Waals surface area contributed by atoms with Gasteiger partial charge in [-0.05, 0) is 52.2 Å². The lowest BCUT2D eigenvalue weighted by Gasteiger charge is -2.29. The number of nitrogens with one attached hydrogen (secondary N) is 1. The minimum atomic E-state index is -0.488. The van der Waals surface area contributed by atoms with Gasteiger partial charge in [-0.2, -0.15) is 0 Å². The first-order valence-corrected chi connectivity index (χ1v) is 8.25. The van der Waals surface area contributed by atoms with Gasteiger partial charge in [-0.1, -0.05) is 24.0 Å². The quantitative estimate of drug-likeness (QED) is 0.849. The third kappa shape index (κ3) is 5.86. The second-order valence-corrected chi connectivity index (χ2v) is 6.72. The topological polar surface area (TPSA) is 41.6 Å². The van der Waals surface area contributed by atoms with Gasteiger partial charge in [0.25, 0.3) is 0 Å². The number of amides is 1. The first-order valence-electron chi connectivity index (χ1n) is 8.25. The van der Waals surface area contributed by atoms with Crippen LogP contribution in [0.1, 0.15) is 45.6 Å². The molecule has 124 valence electrons. The van der Waals surface area contributed by atoms with Crippen molar-refractivity contribution in [3.63, 3.8) is 0 Å². The second kappa shape index (κ2) is 7.92. The zero-order chi connectivity index (χ0) is 16.7. The van der Waals surface area contributed by atoms with Crippen molar-refractivity contribution in [2.45, 2.75) is 45.6 Å². The summed E-state index contributed by atoms with van der Waals surface area (Å²) in [7, 11) is 0. The monoisotopic (exact) mass is 314 g/mol. The second-order valence-electron chi connectivity index (χ2n) is 6.72. The van der Waals surface area contributed by atoms with E-state index in [-0.39, 0.29) is 6.54 Å². The Morgan fingerprint density at radius 1 is 1.22 bits per heavy atom. The molecule has 1 saturated heterocycles. The molecule has 0 atom stereocenters. The van der Waals surface area contributed by atoms with E-state index in [1.54, 1.807) is 0 Å². The van der Waals surface area contributed by atoms with Crippen molar-refractivity contribution in [3.05, 3.63) is 29.8 Å². The van der Waals surface area contributed by atoms with Crippen molar-refractivity contribution in [3.8, 4) is 11.8 Å². The van der Waals surface area contributed by atoms with Crippen molar-refractivity contribution < 1.29 is 9.53 Å². The zero-order valence-electron chi connectivity index (χ0n) is 14.3. The van der Waals surface area contributed by atoms with Crippen LogP contribution in [-0.4, -0.2) is 31.3 Å². The number of carbonyl (C=O) groups is 1. The van der Waals surface area contributed by atoms with E-state index >= 15 is 0 Å². The van der Waals surface area contributed by atoms with Crippen LogP contribution in [0.4, 0.5) is 10.5 Å². The highest BCUT2D eigenvalue weighted by Gasteiger charge is 2.15. The molecule has 23 heavy (non-hydrogen) atoms. The highest BCUT2D eigenvalue weighted by Crippen LogP contribution is 2.23. The minimum Gasteiger partial charge on any atom is -0.444 e. The van der Waals surface area contributed by atoms with Crippen LogP contribution in [0.3, 0.4) is 0 Å². The largest absolute Gasteiger partial charge is 0.444 e. The number of carbonyl (C=O) groups excluding carboxylic acids is 1. The van der Waals surface area contributed by atoms with E-state index in [1.807, 2.05) is 39.0 Å². The van der Waals surface area contributed by atoms with E-state index in [1.165, 1.54) is 24.9 Å². The molecule has 1 fully saturated rings. The van der Waals surface area contributed by atoms with Crippen LogP contribution in [0, 0.1) is 11.8 Å². The first kappa shape index (κ1) is 17.2. The summed E-state index contributed by atoms with van der Waals surface area (Å²) < 4.78 is 5.18. The average Bonchev–Trinajstić information content (AvgIpc) is 2.51. The molecule has 0 aliphatic carbocycles. The Kier molecular flexibility index (Phi) is 5.92. The summed E-state index contributed by atoms with van der Waals surface area (Å²) in [6.07, 6.45) is 3.35. The first-order chi connectivity index (χ1) is 11.0. The Balaban J connectivity index is 1.94. The summed E-state index contributed by atoms with van der Waals surface area (Å²) in [6.45, 7) is 7.99. The molecule has 2 rings (SSSR count). The Labute approximate surface area is 139 Å². The van der Waals surface area contributed by atoms with Gasteiger partial charge in [0.05, 0.1) is 12.2 Å². The lowest BCUT2D eigenvalue weighted by Crippen LogP contribution is -2.32. The number of nitrogens with zero attached hydrogens (tertiary/aromatic N) is 1. The predicted octanol–water partition coefficient (Wildman–Crippen LogP) is 3.55. The molecular weight excluding hydrogens is 288 g/mol. The van der Waals surface area contributed by atoms with Crippen LogP contribution in [0.15, 0.2) is 24.3 Å². The lowest BCUT2D eigenvalue weighted by atomic mass is 10.1. The van der Waals surface area contributed by atoms with Gasteiger partial charge in [0.15, 0.2) is 0 Å². The maximum absolute atomic E-state index is 11.6. The number of ether oxygens (including phenoxy) is 1. The molecule has 1 heterocycles. The van der Waals surface area contributed by atoms with E-state index in [0.717, 1.165) is 18.7 Å². The maximum atomic E-state index is 11.6. The molecule has 0 bridgehead atoms. The van der Waals surface area contributed by atoms with Gasteiger partial charge in [0.1, 0.15) is 5.60 Å².